The van der Waals surface area contributed by atoms with E-state index in [1.807, 2.05) is 29.2 Å². The van der Waals surface area contributed by atoms with Gasteiger partial charge in [0.2, 0.25) is 5.91 Å². The summed E-state index contributed by atoms with van der Waals surface area (Å²) in [5.41, 5.74) is 6.87. The van der Waals surface area contributed by atoms with E-state index in [9.17, 15) is 4.79 Å². The largest absolute Gasteiger partial charge is 0.336 e. The molecular weight excluding hydrogens is 292 g/mol. The number of nitrogens with two attached hydrogens (primary N) is 1. The van der Waals surface area contributed by atoms with Crippen LogP contribution in [0.2, 0.25) is 0 Å². The van der Waals surface area contributed by atoms with Crippen LogP contribution in [0, 0.1) is 0 Å². The zero-order valence-corrected chi connectivity index (χ0v) is 12.4. The Bertz CT molecular complexity index is 442. The van der Waals surface area contributed by atoms with Gasteiger partial charge in [0.15, 0.2) is 0 Å². The zero-order valence-electron chi connectivity index (χ0n) is 10.8. The van der Waals surface area contributed by atoms with Crippen molar-refractivity contribution >= 4 is 21.8 Å². The Balaban J connectivity index is 2.06. The van der Waals surface area contributed by atoms with Crippen molar-refractivity contribution in [1.29, 1.82) is 0 Å². The summed E-state index contributed by atoms with van der Waals surface area (Å²) < 4.78 is 1.03. The van der Waals surface area contributed by atoms with Crippen molar-refractivity contribution < 1.29 is 4.79 Å². The van der Waals surface area contributed by atoms with Gasteiger partial charge >= 0.3 is 0 Å². The van der Waals surface area contributed by atoms with E-state index < -0.39 is 0 Å². The van der Waals surface area contributed by atoms with E-state index in [1.54, 1.807) is 0 Å². The standard InChI is InChI=1S/C14H19BrN2O/c1-14(2)8-12(16)9-17(14)13(18)7-10-3-5-11(15)6-4-10/h3-6,12H,7-9,16H2,1-2H3. The van der Waals surface area contributed by atoms with Crippen LogP contribution in [0.4, 0.5) is 0 Å². The van der Waals surface area contributed by atoms with Crippen LogP contribution in [-0.2, 0) is 11.2 Å². The van der Waals surface area contributed by atoms with Gasteiger partial charge in [0, 0.05) is 22.6 Å². The number of hydrogen-bond acceptors (Lipinski definition) is 2. The van der Waals surface area contributed by atoms with Gasteiger partial charge in [-0.3, -0.25) is 4.79 Å². The molecule has 1 unspecified atom stereocenters. The van der Waals surface area contributed by atoms with E-state index in [0.717, 1.165) is 16.5 Å². The molecule has 1 aliphatic rings. The lowest BCUT2D eigenvalue weighted by molar-refractivity contribution is -0.133. The lowest BCUT2D eigenvalue weighted by Gasteiger charge is -2.31. The van der Waals surface area contributed by atoms with Gasteiger partial charge in [-0.2, -0.15) is 0 Å². The van der Waals surface area contributed by atoms with Crippen molar-refractivity contribution in [1.82, 2.24) is 4.90 Å². The fourth-order valence-electron chi connectivity index (χ4n) is 2.61. The number of rotatable bonds is 2. The van der Waals surface area contributed by atoms with E-state index in [4.69, 9.17) is 5.73 Å². The van der Waals surface area contributed by atoms with Gasteiger partial charge in [-0.15, -0.1) is 0 Å². The van der Waals surface area contributed by atoms with Gasteiger partial charge in [-0.05, 0) is 38.0 Å². The SMILES string of the molecule is CC1(C)CC(N)CN1C(=O)Cc1ccc(Br)cc1. The summed E-state index contributed by atoms with van der Waals surface area (Å²) in [6.45, 7) is 4.83. The second-order valence-corrected chi connectivity index (χ2v) is 6.50. The van der Waals surface area contributed by atoms with Crippen LogP contribution < -0.4 is 5.73 Å². The number of halogens is 1. The molecule has 1 aliphatic heterocycles. The van der Waals surface area contributed by atoms with E-state index in [2.05, 4.69) is 29.8 Å². The average Bonchev–Trinajstić information content (AvgIpc) is 2.55. The minimum atomic E-state index is -0.119. The number of likely N-dealkylation sites (tertiary alicyclic amines) is 1. The Kier molecular flexibility index (Phi) is 3.78. The number of carbonyl (C=O) groups is 1. The summed E-state index contributed by atoms with van der Waals surface area (Å²) in [5, 5.41) is 0. The van der Waals surface area contributed by atoms with Crippen molar-refractivity contribution in [3.05, 3.63) is 34.3 Å². The highest BCUT2D eigenvalue weighted by Crippen LogP contribution is 2.28. The zero-order chi connectivity index (χ0) is 13.3. The predicted molar refractivity (Wildman–Crippen MR) is 76.2 cm³/mol. The molecule has 0 saturated carbocycles. The summed E-state index contributed by atoms with van der Waals surface area (Å²) >= 11 is 3.39. The maximum absolute atomic E-state index is 12.3. The highest BCUT2D eigenvalue weighted by Gasteiger charge is 2.39. The number of benzene rings is 1. The van der Waals surface area contributed by atoms with Crippen LogP contribution in [0.25, 0.3) is 0 Å². The van der Waals surface area contributed by atoms with Crippen LogP contribution in [0.15, 0.2) is 28.7 Å². The highest BCUT2D eigenvalue weighted by atomic mass is 79.9. The molecule has 2 rings (SSSR count). The first-order valence-corrected chi connectivity index (χ1v) is 6.98. The second-order valence-electron chi connectivity index (χ2n) is 5.58. The molecule has 1 saturated heterocycles. The first-order valence-electron chi connectivity index (χ1n) is 6.19. The molecule has 0 spiro atoms. The third-order valence-corrected chi connectivity index (χ3v) is 4.01. The molecule has 1 aromatic rings. The molecule has 3 nitrogen and oxygen atoms in total. The predicted octanol–water partition coefficient (Wildman–Crippen LogP) is 2.33. The van der Waals surface area contributed by atoms with Crippen molar-refractivity contribution in [2.75, 3.05) is 6.54 Å². The van der Waals surface area contributed by atoms with Gasteiger partial charge in [0.25, 0.3) is 0 Å². The van der Waals surface area contributed by atoms with E-state index in [1.165, 1.54) is 0 Å². The normalized spacial score (nSPS) is 22.2. The smallest absolute Gasteiger partial charge is 0.227 e. The molecule has 0 aliphatic carbocycles. The molecule has 98 valence electrons. The van der Waals surface area contributed by atoms with Crippen molar-refractivity contribution in [3.8, 4) is 0 Å². The van der Waals surface area contributed by atoms with Gasteiger partial charge in [-0.1, -0.05) is 28.1 Å². The molecule has 18 heavy (non-hydrogen) atoms. The number of amides is 1. The second kappa shape index (κ2) is 5.02. The molecule has 1 atom stereocenters. The molecule has 0 bridgehead atoms. The molecule has 1 heterocycles. The van der Waals surface area contributed by atoms with Crippen molar-refractivity contribution in [3.63, 3.8) is 0 Å². The summed E-state index contributed by atoms with van der Waals surface area (Å²) in [4.78, 5) is 14.2. The first kappa shape index (κ1) is 13.6. The van der Waals surface area contributed by atoms with Gasteiger partial charge in [-0.25, -0.2) is 0 Å². The van der Waals surface area contributed by atoms with Crippen LogP contribution in [0.1, 0.15) is 25.8 Å². The monoisotopic (exact) mass is 310 g/mol. The van der Waals surface area contributed by atoms with Crippen LogP contribution >= 0.6 is 15.9 Å². The van der Waals surface area contributed by atoms with Crippen LogP contribution in [0.3, 0.4) is 0 Å². The number of carbonyl (C=O) groups excluding carboxylic acids is 1. The van der Waals surface area contributed by atoms with Crippen LogP contribution in [-0.4, -0.2) is 28.9 Å². The average molecular weight is 311 g/mol. The van der Waals surface area contributed by atoms with Gasteiger partial charge in [0.1, 0.15) is 0 Å². The van der Waals surface area contributed by atoms with E-state index in [-0.39, 0.29) is 17.5 Å². The minimum absolute atomic E-state index is 0.105. The summed E-state index contributed by atoms with van der Waals surface area (Å²) in [6, 6.07) is 7.98. The third-order valence-electron chi connectivity index (χ3n) is 3.48. The fourth-order valence-corrected chi connectivity index (χ4v) is 2.87. The topological polar surface area (TPSA) is 46.3 Å². The molecule has 4 heteroatoms. The molecule has 1 amide bonds. The molecule has 1 fully saturated rings. The van der Waals surface area contributed by atoms with Crippen molar-refractivity contribution in [2.24, 2.45) is 5.73 Å². The molecule has 2 N–H and O–H groups in total. The number of nitrogens with zero attached hydrogens (tertiary/aromatic N) is 1. The van der Waals surface area contributed by atoms with Crippen molar-refractivity contribution in [2.45, 2.75) is 38.3 Å². The Morgan fingerprint density at radius 3 is 2.56 bits per heavy atom. The summed E-state index contributed by atoms with van der Waals surface area (Å²) in [6.07, 6.45) is 1.32. The fraction of sp³-hybridized carbons (Fsp3) is 0.500. The molecule has 1 aromatic carbocycles. The minimum Gasteiger partial charge on any atom is -0.336 e. The van der Waals surface area contributed by atoms with Gasteiger partial charge in [0.05, 0.1) is 6.42 Å². The molecule has 0 radical (unpaired) electrons. The molecular formula is C14H19BrN2O. The van der Waals surface area contributed by atoms with Crippen LogP contribution in [0.5, 0.6) is 0 Å². The van der Waals surface area contributed by atoms with E-state index >= 15 is 0 Å². The Labute approximate surface area is 116 Å². The Hall–Kier alpha value is -0.870. The summed E-state index contributed by atoms with van der Waals surface area (Å²) in [7, 11) is 0. The lowest BCUT2D eigenvalue weighted by Crippen LogP contribution is -2.43. The Morgan fingerprint density at radius 2 is 2.06 bits per heavy atom. The quantitative estimate of drug-likeness (QED) is 0.911. The summed E-state index contributed by atoms with van der Waals surface area (Å²) in [5.74, 6) is 0.162. The maximum Gasteiger partial charge on any atom is 0.227 e. The first-order chi connectivity index (χ1) is 8.38. The lowest BCUT2D eigenvalue weighted by atomic mass is 10.00. The molecule has 0 aromatic heterocycles. The number of hydrogen-bond donors (Lipinski definition) is 1. The highest BCUT2D eigenvalue weighted by molar-refractivity contribution is 9.10. The van der Waals surface area contributed by atoms with Gasteiger partial charge < -0.3 is 10.6 Å². The maximum atomic E-state index is 12.3. The third kappa shape index (κ3) is 2.93. The van der Waals surface area contributed by atoms with E-state index in [0.29, 0.717) is 13.0 Å². The Morgan fingerprint density at radius 1 is 1.44 bits per heavy atom.